The number of carbonyl (C=O) groups excluding carboxylic acids is 2. The van der Waals surface area contributed by atoms with Gasteiger partial charge in [0, 0.05) is 25.6 Å². The Kier molecular flexibility index (Phi) is 5.75. The van der Waals surface area contributed by atoms with Gasteiger partial charge in [-0.05, 0) is 25.0 Å². The monoisotopic (exact) mass is 308 g/mol. The molecule has 0 atom stereocenters. The van der Waals surface area contributed by atoms with E-state index in [-0.39, 0.29) is 30.2 Å². The van der Waals surface area contributed by atoms with E-state index in [4.69, 9.17) is 4.74 Å². The molecule has 0 spiro atoms. The van der Waals surface area contributed by atoms with E-state index in [1.165, 1.54) is 12.1 Å². The van der Waals surface area contributed by atoms with Crippen molar-refractivity contribution in [2.24, 2.45) is 0 Å². The number of rotatable bonds is 5. The molecule has 1 aromatic rings. The zero-order valence-corrected chi connectivity index (χ0v) is 12.7. The molecule has 0 aromatic heterocycles. The summed E-state index contributed by atoms with van der Waals surface area (Å²) in [5.41, 5.74) is 0. The second kappa shape index (κ2) is 7.77. The minimum atomic E-state index is -0.476. The van der Waals surface area contributed by atoms with Crippen LogP contribution < -0.4 is 10.1 Å². The lowest BCUT2D eigenvalue weighted by Crippen LogP contribution is -2.47. The maximum atomic E-state index is 13.4. The van der Waals surface area contributed by atoms with Crippen molar-refractivity contribution in [1.29, 1.82) is 0 Å². The third-order valence-electron chi connectivity index (χ3n) is 3.72. The van der Waals surface area contributed by atoms with Crippen LogP contribution in [0.15, 0.2) is 24.3 Å². The quantitative estimate of drug-likeness (QED) is 0.901. The topological polar surface area (TPSA) is 58.6 Å². The van der Waals surface area contributed by atoms with Crippen LogP contribution in [-0.4, -0.2) is 42.5 Å². The van der Waals surface area contributed by atoms with E-state index in [2.05, 4.69) is 5.32 Å². The van der Waals surface area contributed by atoms with E-state index in [9.17, 15) is 14.0 Å². The van der Waals surface area contributed by atoms with Crippen LogP contribution in [0.5, 0.6) is 5.75 Å². The molecule has 0 aliphatic carbocycles. The van der Waals surface area contributed by atoms with Crippen molar-refractivity contribution in [1.82, 2.24) is 10.2 Å². The van der Waals surface area contributed by atoms with Gasteiger partial charge in [-0.25, -0.2) is 4.39 Å². The van der Waals surface area contributed by atoms with Gasteiger partial charge >= 0.3 is 0 Å². The minimum Gasteiger partial charge on any atom is -0.481 e. The largest absolute Gasteiger partial charge is 0.481 e. The summed E-state index contributed by atoms with van der Waals surface area (Å²) >= 11 is 0. The lowest BCUT2D eigenvalue weighted by Gasteiger charge is -2.32. The molecule has 6 heteroatoms. The summed E-state index contributed by atoms with van der Waals surface area (Å²) in [6.45, 7) is 2.79. The van der Waals surface area contributed by atoms with Crippen LogP contribution in [0.1, 0.15) is 26.2 Å². The van der Waals surface area contributed by atoms with E-state index in [1.807, 2.05) is 6.92 Å². The molecule has 0 saturated carbocycles. The van der Waals surface area contributed by atoms with Gasteiger partial charge in [-0.15, -0.1) is 0 Å². The van der Waals surface area contributed by atoms with E-state index < -0.39 is 5.82 Å². The first-order chi connectivity index (χ1) is 10.6. The predicted octanol–water partition coefficient (Wildman–Crippen LogP) is 1.72. The van der Waals surface area contributed by atoms with Crippen molar-refractivity contribution in [3.05, 3.63) is 30.1 Å². The molecule has 1 N–H and O–H groups in total. The zero-order chi connectivity index (χ0) is 15.9. The van der Waals surface area contributed by atoms with Gasteiger partial charge in [0.25, 0.3) is 5.91 Å². The molecule has 22 heavy (non-hydrogen) atoms. The summed E-state index contributed by atoms with van der Waals surface area (Å²) < 4.78 is 18.6. The second-order valence-electron chi connectivity index (χ2n) is 5.30. The first-order valence-electron chi connectivity index (χ1n) is 7.54. The molecular weight excluding hydrogens is 287 g/mol. The SMILES string of the molecule is CCC(=O)NC1CCN(C(=O)COc2ccccc2F)CC1. The molecule has 1 fully saturated rings. The highest BCUT2D eigenvalue weighted by molar-refractivity contribution is 5.78. The molecule has 1 aliphatic rings. The molecule has 1 heterocycles. The molecule has 5 nitrogen and oxygen atoms in total. The van der Waals surface area contributed by atoms with Crippen LogP contribution in [0.3, 0.4) is 0 Å². The maximum absolute atomic E-state index is 13.4. The number of hydrogen-bond acceptors (Lipinski definition) is 3. The second-order valence-corrected chi connectivity index (χ2v) is 5.30. The Hall–Kier alpha value is -2.11. The number of halogens is 1. The number of nitrogens with one attached hydrogen (secondary N) is 1. The van der Waals surface area contributed by atoms with Crippen LogP contribution in [0.25, 0.3) is 0 Å². The molecule has 1 aliphatic heterocycles. The van der Waals surface area contributed by atoms with Gasteiger partial charge in [-0.3, -0.25) is 9.59 Å². The fourth-order valence-corrected chi connectivity index (χ4v) is 2.40. The van der Waals surface area contributed by atoms with Crippen LogP contribution in [0, 0.1) is 5.82 Å². The average molecular weight is 308 g/mol. The van der Waals surface area contributed by atoms with Crippen molar-refractivity contribution in [3.8, 4) is 5.75 Å². The molecule has 0 unspecified atom stereocenters. The molecule has 1 saturated heterocycles. The smallest absolute Gasteiger partial charge is 0.260 e. The van der Waals surface area contributed by atoms with Gasteiger partial charge in [-0.2, -0.15) is 0 Å². The Bertz CT molecular complexity index is 528. The summed E-state index contributed by atoms with van der Waals surface area (Å²) in [4.78, 5) is 25.1. The number of amides is 2. The Labute approximate surface area is 129 Å². The standard InChI is InChI=1S/C16H21FN2O3/c1-2-15(20)18-12-7-9-19(10-8-12)16(21)11-22-14-6-4-3-5-13(14)17/h3-6,12H,2,7-11H2,1H3,(H,18,20). The lowest BCUT2D eigenvalue weighted by molar-refractivity contribution is -0.134. The minimum absolute atomic E-state index is 0.0349. The third-order valence-corrected chi connectivity index (χ3v) is 3.72. The first-order valence-corrected chi connectivity index (χ1v) is 7.54. The summed E-state index contributed by atoms with van der Waals surface area (Å²) in [5, 5.41) is 2.94. The summed E-state index contributed by atoms with van der Waals surface area (Å²) in [7, 11) is 0. The summed E-state index contributed by atoms with van der Waals surface area (Å²) in [6.07, 6.45) is 1.93. The number of hydrogen-bond donors (Lipinski definition) is 1. The van der Waals surface area contributed by atoms with Gasteiger partial charge < -0.3 is 15.0 Å². The number of carbonyl (C=O) groups is 2. The predicted molar refractivity (Wildman–Crippen MR) is 79.9 cm³/mol. The van der Waals surface area contributed by atoms with Crippen LogP contribution in [-0.2, 0) is 9.59 Å². The van der Waals surface area contributed by atoms with Crippen molar-refractivity contribution in [2.75, 3.05) is 19.7 Å². The number of ether oxygens (including phenoxy) is 1. The molecule has 2 amide bonds. The van der Waals surface area contributed by atoms with Crippen LogP contribution in [0.4, 0.5) is 4.39 Å². The fourth-order valence-electron chi connectivity index (χ4n) is 2.40. The molecule has 0 radical (unpaired) electrons. The van der Waals surface area contributed by atoms with Gasteiger partial charge in [0.1, 0.15) is 0 Å². The van der Waals surface area contributed by atoms with E-state index in [0.29, 0.717) is 19.5 Å². The average Bonchev–Trinajstić information content (AvgIpc) is 2.54. The highest BCUT2D eigenvalue weighted by atomic mass is 19.1. The van der Waals surface area contributed by atoms with Gasteiger partial charge in [0.2, 0.25) is 5.91 Å². The Morgan fingerprint density at radius 3 is 2.64 bits per heavy atom. The Morgan fingerprint density at radius 1 is 1.32 bits per heavy atom. The molecule has 120 valence electrons. The van der Waals surface area contributed by atoms with Crippen LogP contribution in [0.2, 0.25) is 0 Å². The summed E-state index contributed by atoms with van der Waals surface area (Å²) in [5.74, 6) is -0.520. The molecular formula is C16H21FN2O3. The van der Waals surface area contributed by atoms with E-state index in [1.54, 1.807) is 17.0 Å². The van der Waals surface area contributed by atoms with Crippen molar-refractivity contribution >= 4 is 11.8 Å². The number of para-hydroxylation sites is 1. The fraction of sp³-hybridized carbons (Fsp3) is 0.500. The van der Waals surface area contributed by atoms with Crippen molar-refractivity contribution < 1.29 is 18.7 Å². The van der Waals surface area contributed by atoms with Gasteiger partial charge in [0.05, 0.1) is 0 Å². The van der Waals surface area contributed by atoms with Gasteiger partial charge in [-0.1, -0.05) is 19.1 Å². The molecule has 0 bridgehead atoms. The maximum Gasteiger partial charge on any atom is 0.260 e. The van der Waals surface area contributed by atoms with Crippen molar-refractivity contribution in [2.45, 2.75) is 32.2 Å². The molecule has 2 rings (SSSR count). The third kappa shape index (κ3) is 4.44. The number of likely N-dealkylation sites (tertiary alicyclic amines) is 1. The normalized spacial score (nSPS) is 15.5. The number of nitrogens with zero attached hydrogens (tertiary/aromatic N) is 1. The number of benzene rings is 1. The highest BCUT2D eigenvalue weighted by Gasteiger charge is 2.23. The van der Waals surface area contributed by atoms with E-state index >= 15 is 0 Å². The molecule has 1 aromatic carbocycles. The van der Waals surface area contributed by atoms with Crippen LogP contribution >= 0.6 is 0 Å². The Balaban J connectivity index is 1.76. The lowest BCUT2D eigenvalue weighted by atomic mass is 10.0. The van der Waals surface area contributed by atoms with Crippen molar-refractivity contribution in [3.63, 3.8) is 0 Å². The van der Waals surface area contributed by atoms with Gasteiger partial charge in [0.15, 0.2) is 18.2 Å². The Morgan fingerprint density at radius 2 is 2.00 bits per heavy atom. The first kappa shape index (κ1) is 16.3. The number of piperidine rings is 1. The summed E-state index contributed by atoms with van der Waals surface area (Å²) in [6, 6.07) is 6.14. The van der Waals surface area contributed by atoms with E-state index in [0.717, 1.165) is 12.8 Å². The highest BCUT2D eigenvalue weighted by Crippen LogP contribution is 2.16. The zero-order valence-electron chi connectivity index (χ0n) is 12.7.